The van der Waals surface area contributed by atoms with Gasteiger partial charge in [0.1, 0.15) is 0 Å². The van der Waals surface area contributed by atoms with Crippen LogP contribution in [0.2, 0.25) is 5.02 Å². The molecule has 1 saturated heterocycles. The zero-order chi connectivity index (χ0) is 15.0. The fourth-order valence-electron chi connectivity index (χ4n) is 3.34. The first-order chi connectivity index (χ1) is 10.0. The summed E-state index contributed by atoms with van der Waals surface area (Å²) < 4.78 is 0. The lowest BCUT2D eigenvalue weighted by molar-refractivity contribution is 0.266. The number of anilines is 1. The Labute approximate surface area is 133 Å². The Morgan fingerprint density at radius 1 is 1.29 bits per heavy atom. The van der Waals surface area contributed by atoms with Gasteiger partial charge in [0.25, 0.3) is 0 Å². The maximum Gasteiger partial charge on any atom is 0.0427 e. The molecule has 2 atom stereocenters. The highest BCUT2D eigenvalue weighted by Crippen LogP contribution is 2.31. The summed E-state index contributed by atoms with van der Waals surface area (Å²) in [5.74, 6) is 0.684. The molecule has 1 saturated carbocycles. The van der Waals surface area contributed by atoms with Crippen molar-refractivity contribution in [2.45, 2.75) is 38.4 Å². The number of hydrogen-bond acceptors (Lipinski definition) is 3. The summed E-state index contributed by atoms with van der Waals surface area (Å²) in [6, 6.07) is 7.68. The zero-order valence-electron chi connectivity index (χ0n) is 13.3. The van der Waals surface area contributed by atoms with Gasteiger partial charge >= 0.3 is 0 Å². The second-order valence-corrected chi connectivity index (χ2v) is 7.28. The SMILES string of the molecule is CC1CN(c2cc(Cl)ccc2CNC2CC2)CC1N(C)C. The second kappa shape index (κ2) is 6.15. The molecule has 1 aliphatic carbocycles. The normalized spacial score (nSPS) is 25.9. The largest absolute Gasteiger partial charge is 0.369 e. The van der Waals surface area contributed by atoms with E-state index < -0.39 is 0 Å². The van der Waals surface area contributed by atoms with Crippen molar-refractivity contribution < 1.29 is 0 Å². The molecule has 0 aromatic heterocycles. The topological polar surface area (TPSA) is 18.5 Å². The molecule has 0 amide bonds. The van der Waals surface area contributed by atoms with Crippen LogP contribution in [0.5, 0.6) is 0 Å². The molecule has 116 valence electrons. The Bertz CT molecular complexity index is 499. The lowest BCUT2D eigenvalue weighted by atomic mass is 10.1. The van der Waals surface area contributed by atoms with Crippen molar-refractivity contribution in [3.63, 3.8) is 0 Å². The summed E-state index contributed by atoms with van der Waals surface area (Å²) in [5.41, 5.74) is 2.68. The fourth-order valence-corrected chi connectivity index (χ4v) is 3.51. The van der Waals surface area contributed by atoms with Crippen molar-refractivity contribution in [3.05, 3.63) is 28.8 Å². The number of nitrogens with zero attached hydrogens (tertiary/aromatic N) is 2. The van der Waals surface area contributed by atoms with Crippen LogP contribution in [-0.4, -0.2) is 44.2 Å². The Morgan fingerprint density at radius 3 is 2.67 bits per heavy atom. The van der Waals surface area contributed by atoms with E-state index in [0.29, 0.717) is 12.0 Å². The first-order valence-electron chi connectivity index (χ1n) is 7.98. The van der Waals surface area contributed by atoms with E-state index in [1.54, 1.807) is 0 Å². The van der Waals surface area contributed by atoms with Crippen LogP contribution in [0.3, 0.4) is 0 Å². The summed E-state index contributed by atoms with van der Waals surface area (Å²) in [6.45, 7) is 5.50. The molecule has 1 aromatic rings. The van der Waals surface area contributed by atoms with E-state index in [1.807, 2.05) is 6.07 Å². The summed E-state index contributed by atoms with van der Waals surface area (Å²) >= 11 is 6.25. The molecule has 2 aliphatic rings. The molecule has 1 N–H and O–H groups in total. The molecule has 2 fully saturated rings. The van der Waals surface area contributed by atoms with Gasteiger partial charge in [-0.15, -0.1) is 0 Å². The van der Waals surface area contributed by atoms with Crippen LogP contribution < -0.4 is 10.2 Å². The standard InChI is InChI=1S/C17H26ClN3/c1-12-10-21(11-17(12)20(2)3)16-8-14(18)5-4-13(16)9-19-15-6-7-15/h4-5,8,12,15,17,19H,6-7,9-11H2,1-3H3. The van der Waals surface area contributed by atoms with Crippen molar-refractivity contribution in [3.8, 4) is 0 Å². The predicted molar refractivity (Wildman–Crippen MR) is 90.2 cm³/mol. The van der Waals surface area contributed by atoms with Crippen molar-refractivity contribution >= 4 is 17.3 Å². The van der Waals surface area contributed by atoms with E-state index in [4.69, 9.17) is 11.6 Å². The van der Waals surface area contributed by atoms with E-state index in [9.17, 15) is 0 Å². The van der Waals surface area contributed by atoms with Crippen LogP contribution in [0.25, 0.3) is 0 Å². The van der Waals surface area contributed by atoms with Gasteiger partial charge in [-0.25, -0.2) is 0 Å². The molecular weight excluding hydrogens is 282 g/mol. The third-order valence-corrected chi connectivity index (χ3v) is 5.02. The highest BCUT2D eigenvalue weighted by Gasteiger charge is 2.32. The summed E-state index contributed by atoms with van der Waals surface area (Å²) in [6.07, 6.45) is 2.65. The van der Waals surface area contributed by atoms with E-state index in [2.05, 4.69) is 48.3 Å². The van der Waals surface area contributed by atoms with Crippen molar-refractivity contribution in [1.82, 2.24) is 10.2 Å². The number of likely N-dealkylation sites (N-methyl/N-ethyl adjacent to an activating group) is 1. The van der Waals surface area contributed by atoms with Gasteiger partial charge in [-0.2, -0.15) is 0 Å². The summed E-state index contributed by atoms with van der Waals surface area (Å²) in [5, 5.41) is 4.46. The quantitative estimate of drug-likeness (QED) is 0.902. The van der Waals surface area contributed by atoms with Crippen LogP contribution >= 0.6 is 11.6 Å². The lowest BCUT2D eigenvalue weighted by Gasteiger charge is -2.24. The van der Waals surface area contributed by atoms with Crippen LogP contribution in [0.4, 0.5) is 5.69 Å². The minimum absolute atomic E-state index is 0.619. The molecule has 3 rings (SSSR count). The van der Waals surface area contributed by atoms with Crippen molar-refractivity contribution in [1.29, 1.82) is 0 Å². The average Bonchev–Trinajstić information content (AvgIpc) is 3.18. The second-order valence-electron chi connectivity index (χ2n) is 6.84. The molecule has 2 unspecified atom stereocenters. The molecule has 4 heteroatoms. The third-order valence-electron chi connectivity index (χ3n) is 4.78. The number of rotatable bonds is 5. The smallest absolute Gasteiger partial charge is 0.0427 e. The first kappa shape index (κ1) is 15.1. The van der Waals surface area contributed by atoms with Crippen LogP contribution in [0, 0.1) is 5.92 Å². The fraction of sp³-hybridized carbons (Fsp3) is 0.647. The van der Waals surface area contributed by atoms with Crippen molar-refractivity contribution in [2.75, 3.05) is 32.1 Å². The Morgan fingerprint density at radius 2 is 2.05 bits per heavy atom. The van der Waals surface area contributed by atoms with Crippen molar-refractivity contribution in [2.24, 2.45) is 5.92 Å². The van der Waals surface area contributed by atoms with Gasteiger partial charge in [-0.05, 0) is 50.6 Å². The van der Waals surface area contributed by atoms with Gasteiger partial charge < -0.3 is 15.1 Å². The number of hydrogen-bond donors (Lipinski definition) is 1. The van der Waals surface area contributed by atoms with E-state index in [1.165, 1.54) is 24.1 Å². The van der Waals surface area contributed by atoms with E-state index >= 15 is 0 Å². The van der Waals surface area contributed by atoms with E-state index in [-0.39, 0.29) is 0 Å². The monoisotopic (exact) mass is 307 g/mol. The molecule has 1 heterocycles. The Hall–Kier alpha value is -0.770. The van der Waals surface area contributed by atoms with Crippen LogP contribution in [0.15, 0.2) is 18.2 Å². The Balaban J connectivity index is 1.78. The van der Waals surface area contributed by atoms with Crippen LogP contribution in [0.1, 0.15) is 25.3 Å². The molecule has 1 aromatic carbocycles. The third kappa shape index (κ3) is 3.53. The molecule has 0 bridgehead atoms. The molecule has 3 nitrogen and oxygen atoms in total. The van der Waals surface area contributed by atoms with Gasteiger partial charge in [0, 0.05) is 42.4 Å². The highest BCUT2D eigenvalue weighted by atomic mass is 35.5. The minimum atomic E-state index is 0.619. The highest BCUT2D eigenvalue weighted by molar-refractivity contribution is 6.30. The molecule has 21 heavy (non-hydrogen) atoms. The van der Waals surface area contributed by atoms with Gasteiger partial charge in [0.2, 0.25) is 0 Å². The molecular formula is C17H26ClN3. The molecule has 1 aliphatic heterocycles. The van der Waals surface area contributed by atoms with Gasteiger partial charge in [-0.1, -0.05) is 24.6 Å². The maximum absolute atomic E-state index is 6.25. The van der Waals surface area contributed by atoms with E-state index in [0.717, 1.165) is 30.7 Å². The predicted octanol–water partition coefficient (Wildman–Crippen LogP) is 2.98. The average molecular weight is 308 g/mol. The number of benzene rings is 1. The summed E-state index contributed by atoms with van der Waals surface area (Å²) in [4.78, 5) is 4.85. The molecule has 0 spiro atoms. The minimum Gasteiger partial charge on any atom is -0.369 e. The van der Waals surface area contributed by atoms with Gasteiger partial charge in [-0.3, -0.25) is 0 Å². The lowest BCUT2D eigenvalue weighted by Crippen LogP contribution is -2.34. The maximum atomic E-state index is 6.25. The van der Waals surface area contributed by atoms with Gasteiger partial charge in [0.05, 0.1) is 0 Å². The molecule has 0 radical (unpaired) electrons. The Kier molecular flexibility index (Phi) is 4.43. The number of nitrogens with one attached hydrogen (secondary N) is 1. The van der Waals surface area contributed by atoms with Gasteiger partial charge in [0.15, 0.2) is 0 Å². The summed E-state index contributed by atoms with van der Waals surface area (Å²) in [7, 11) is 4.36. The number of halogens is 1. The van der Waals surface area contributed by atoms with Crippen LogP contribution in [-0.2, 0) is 6.54 Å². The zero-order valence-corrected chi connectivity index (χ0v) is 14.0. The first-order valence-corrected chi connectivity index (χ1v) is 8.35.